The fourth-order valence-electron chi connectivity index (χ4n) is 1.99. The van der Waals surface area contributed by atoms with Gasteiger partial charge in [-0.15, -0.1) is 0 Å². The minimum absolute atomic E-state index is 0.160. The van der Waals surface area contributed by atoms with E-state index in [4.69, 9.17) is 4.74 Å². The van der Waals surface area contributed by atoms with Gasteiger partial charge in [0.25, 0.3) is 0 Å². The molecule has 0 radical (unpaired) electrons. The summed E-state index contributed by atoms with van der Waals surface area (Å²) in [7, 11) is 0. The Kier molecular flexibility index (Phi) is 3.20. The Bertz CT molecular complexity index is 420. The number of esters is 1. The third-order valence-electron chi connectivity index (χ3n) is 2.77. The molecular formula is C14H19NO2. The van der Waals surface area contributed by atoms with Gasteiger partial charge >= 0.3 is 5.97 Å². The van der Waals surface area contributed by atoms with Crippen molar-refractivity contribution >= 4 is 5.97 Å². The summed E-state index contributed by atoms with van der Waals surface area (Å²) < 4.78 is 5.39. The maximum Gasteiger partial charge on any atom is 0.324 e. The van der Waals surface area contributed by atoms with E-state index in [9.17, 15) is 4.79 Å². The van der Waals surface area contributed by atoms with Crippen LogP contribution in [0.1, 0.15) is 31.9 Å². The summed E-state index contributed by atoms with van der Waals surface area (Å²) in [5, 5.41) is 3.22. The van der Waals surface area contributed by atoms with E-state index >= 15 is 0 Å². The molecule has 0 aromatic heterocycles. The smallest absolute Gasteiger partial charge is 0.324 e. The van der Waals surface area contributed by atoms with Crippen molar-refractivity contribution in [2.75, 3.05) is 0 Å². The normalized spacial score (nSPS) is 19.6. The number of hydrogen-bond donors (Lipinski definition) is 1. The minimum atomic E-state index is -0.421. The van der Waals surface area contributed by atoms with Crippen LogP contribution in [0.15, 0.2) is 24.3 Å². The summed E-state index contributed by atoms with van der Waals surface area (Å²) in [6.07, 6.45) is 0.713. The average molecular weight is 233 g/mol. The molecule has 0 saturated heterocycles. The van der Waals surface area contributed by atoms with Crippen LogP contribution in [0.25, 0.3) is 0 Å². The van der Waals surface area contributed by atoms with Crippen molar-refractivity contribution in [3.8, 4) is 0 Å². The van der Waals surface area contributed by atoms with Crippen molar-refractivity contribution in [3.63, 3.8) is 0 Å². The monoisotopic (exact) mass is 233 g/mol. The molecule has 1 aliphatic heterocycles. The molecule has 1 heterocycles. The molecule has 3 heteroatoms. The Morgan fingerprint density at radius 3 is 2.59 bits per heavy atom. The molecule has 0 amide bonds. The lowest BCUT2D eigenvalue weighted by Gasteiger charge is -2.28. The summed E-state index contributed by atoms with van der Waals surface area (Å²) in [5.41, 5.74) is 2.09. The zero-order valence-electron chi connectivity index (χ0n) is 10.6. The van der Waals surface area contributed by atoms with E-state index < -0.39 is 5.60 Å². The molecule has 0 unspecified atom stereocenters. The number of carbonyl (C=O) groups is 1. The lowest BCUT2D eigenvalue weighted by molar-refractivity contribution is -0.157. The molecular weight excluding hydrogens is 214 g/mol. The fraction of sp³-hybridized carbons (Fsp3) is 0.500. The van der Waals surface area contributed by atoms with Gasteiger partial charge in [0.05, 0.1) is 0 Å². The molecule has 1 aromatic rings. The third-order valence-corrected chi connectivity index (χ3v) is 2.77. The van der Waals surface area contributed by atoms with Crippen molar-refractivity contribution < 1.29 is 9.53 Å². The van der Waals surface area contributed by atoms with Crippen LogP contribution >= 0.6 is 0 Å². The second-order valence-corrected chi connectivity index (χ2v) is 5.44. The molecule has 17 heavy (non-hydrogen) atoms. The van der Waals surface area contributed by atoms with E-state index in [0.29, 0.717) is 6.42 Å². The summed E-state index contributed by atoms with van der Waals surface area (Å²) in [6.45, 7) is 6.41. The number of rotatable bonds is 1. The van der Waals surface area contributed by atoms with Gasteiger partial charge in [-0.1, -0.05) is 24.3 Å². The highest BCUT2D eigenvalue weighted by molar-refractivity contribution is 5.77. The van der Waals surface area contributed by atoms with Crippen LogP contribution in [0.2, 0.25) is 0 Å². The topological polar surface area (TPSA) is 38.3 Å². The van der Waals surface area contributed by atoms with Gasteiger partial charge in [-0.05, 0) is 38.3 Å². The van der Waals surface area contributed by atoms with E-state index in [1.165, 1.54) is 11.1 Å². The van der Waals surface area contributed by atoms with E-state index in [-0.39, 0.29) is 12.0 Å². The molecule has 92 valence electrons. The summed E-state index contributed by atoms with van der Waals surface area (Å²) in [6, 6.07) is 7.98. The van der Waals surface area contributed by atoms with Gasteiger partial charge in [-0.25, -0.2) is 0 Å². The maximum atomic E-state index is 11.9. The Labute approximate surface area is 102 Å². The first-order chi connectivity index (χ1) is 7.96. The molecule has 1 N–H and O–H groups in total. The van der Waals surface area contributed by atoms with Gasteiger partial charge in [0.2, 0.25) is 0 Å². The van der Waals surface area contributed by atoms with Crippen LogP contribution in [-0.4, -0.2) is 17.6 Å². The Morgan fingerprint density at radius 1 is 1.29 bits per heavy atom. The summed E-state index contributed by atoms with van der Waals surface area (Å²) in [5.74, 6) is -0.160. The van der Waals surface area contributed by atoms with Crippen LogP contribution in [0.3, 0.4) is 0 Å². The lowest BCUT2D eigenvalue weighted by atomic mass is 9.96. The van der Waals surface area contributed by atoms with Crippen LogP contribution in [0.4, 0.5) is 0 Å². The van der Waals surface area contributed by atoms with Gasteiger partial charge in [0, 0.05) is 6.54 Å². The second-order valence-electron chi connectivity index (χ2n) is 5.44. The predicted octanol–water partition coefficient (Wildman–Crippen LogP) is 2.04. The van der Waals surface area contributed by atoms with E-state index in [2.05, 4.69) is 17.4 Å². The SMILES string of the molecule is CC(C)(C)OC(=O)[C@H]1Cc2ccccc2CN1. The molecule has 2 rings (SSSR count). The highest BCUT2D eigenvalue weighted by Crippen LogP contribution is 2.18. The maximum absolute atomic E-state index is 11.9. The van der Waals surface area contributed by atoms with Gasteiger partial charge in [-0.3, -0.25) is 4.79 Å². The Balaban J connectivity index is 2.05. The van der Waals surface area contributed by atoms with Gasteiger partial charge < -0.3 is 10.1 Å². The van der Waals surface area contributed by atoms with E-state index in [1.54, 1.807) is 0 Å². The van der Waals surface area contributed by atoms with Crippen molar-refractivity contribution in [2.24, 2.45) is 0 Å². The predicted molar refractivity (Wildman–Crippen MR) is 66.6 cm³/mol. The van der Waals surface area contributed by atoms with Crippen molar-refractivity contribution in [1.29, 1.82) is 0 Å². The number of carbonyl (C=O) groups excluding carboxylic acids is 1. The number of nitrogens with one attached hydrogen (secondary N) is 1. The highest BCUT2D eigenvalue weighted by Gasteiger charge is 2.28. The van der Waals surface area contributed by atoms with Crippen LogP contribution in [0.5, 0.6) is 0 Å². The standard InChI is InChI=1S/C14H19NO2/c1-14(2,3)17-13(16)12-8-10-6-4-5-7-11(10)9-15-12/h4-7,12,15H,8-9H2,1-3H3/t12-/m1/s1. The molecule has 0 fully saturated rings. The molecule has 0 aliphatic carbocycles. The van der Waals surface area contributed by atoms with Crippen molar-refractivity contribution in [3.05, 3.63) is 35.4 Å². The fourth-order valence-corrected chi connectivity index (χ4v) is 1.99. The number of ether oxygens (including phenoxy) is 1. The average Bonchev–Trinajstić information content (AvgIpc) is 2.26. The van der Waals surface area contributed by atoms with Crippen LogP contribution in [0, 0.1) is 0 Å². The Morgan fingerprint density at radius 2 is 1.94 bits per heavy atom. The molecule has 1 atom stereocenters. The largest absolute Gasteiger partial charge is 0.459 e. The van der Waals surface area contributed by atoms with Crippen LogP contribution in [-0.2, 0) is 22.5 Å². The zero-order valence-corrected chi connectivity index (χ0v) is 10.6. The number of hydrogen-bond acceptors (Lipinski definition) is 3. The van der Waals surface area contributed by atoms with Gasteiger partial charge in [0.1, 0.15) is 11.6 Å². The third kappa shape index (κ3) is 3.07. The van der Waals surface area contributed by atoms with Gasteiger partial charge in [0.15, 0.2) is 0 Å². The first-order valence-electron chi connectivity index (χ1n) is 5.99. The molecule has 1 aliphatic rings. The van der Waals surface area contributed by atoms with Crippen LogP contribution < -0.4 is 5.32 Å². The van der Waals surface area contributed by atoms with Crippen molar-refractivity contribution in [1.82, 2.24) is 5.32 Å². The number of benzene rings is 1. The second kappa shape index (κ2) is 4.49. The van der Waals surface area contributed by atoms with E-state index in [1.807, 2.05) is 32.9 Å². The molecule has 0 spiro atoms. The first kappa shape index (κ1) is 12.1. The highest BCUT2D eigenvalue weighted by atomic mass is 16.6. The lowest BCUT2D eigenvalue weighted by Crippen LogP contribution is -2.45. The molecule has 0 bridgehead atoms. The van der Waals surface area contributed by atoms with E-state index in [0.717, 1.165) is 6.54 Å². The quantitative estimate of drug-likeness (QED) is 0.754. The van der Waals surface area contributed by atoms with Gasteiger partial charge in [-0.2, -0.15) is 0 Å². The van der Waals surface area contributed by atoms with Crippen molar-refractivity contribution in [2.45, 2.75) is 45.4 Å². The molecule has 3 nitrogen and oxygen atoms in total. The first-order valence-corrected chi connectivity index (χ1v) is 5.99. The zero-order chi connectivity index (χ0) is 12.5. The Hall–Kier alpha value is -1.35. The molecule has 0 saturated carbocycles. The molecule has 1 aromatic carbocycles. The summed E-state index contributed by atoms with van der Waals surface area (Å²) in [4.78, 5) is 11.9. The minimum Gasteiger partial charge on any atom is -0.459 e. The number of fused-ring (bicyclic) bond motifs is 1. The summed E-state index contributed by atoms with van der Waals surface area (Å²) >= 11 is 0.